The largest absolute Gasteiger partial charge is 0.363 e. The van der Waals surface area contributed by atoms with Crippen LogP contribution in [-0.4, -0.2) is 33.9 Å². The molecule has 0 saturated heterocycles. The molecule has 1 aromatic rings. The summed E-state index contributed by atoms with van der Waals surface area (Å²) >= 11 is 0. The summed E-state index contributed by atoms with van der Waals surface area (Å²) in [7, 11) is 0. The maximum absolute atomic E-state index is 11.1. The van der Waals surface area contributed by atoms with Crippen molar-refractivity contribution in [1.29, 1.82) is 0 Å². The minimum atomic E-state index is -0.546. The molecule has 1 saturated carbocycles. The molecule has 0 bridgehead atoms. The molecule has 19 heavy (non-hydrogen) atoms. The van der Waals surface area contributed by atoms with E-state index in [0.29, 0.717) is 0 Å². The SMILES string of the molecule is NC(=O)c1ncc2c(n1)CN(CC1CCCC1)CC2. The van der Waals surface area contributed by atoms with E-state index in [4.69, 9.17) is 5.73 Å². The van der Waals surface area contributed by atoms with E-state index in [1.54, 1.807) is 6.20 Å². The molecule has 1 aliphatic carbocycles. The summed E-state index contributed by atoms with van der Waals surface area (Å²) in [4.78, 5) is 21.9. The summed E-state index contributed by atoms with van der Waals surface area (Å²) < 4.78 is 0. The molecule has 1 aromatic heterocycles. The number of hydrogen-bond donors (Lipinski definition) is 1. The Bertz CT molecular complexity index is 482. The fourth-order valence-electron chi connectivity index (χ4n) is 3.19. The first-order valence-corrected chi connectivity index (χ1v) is 7.09. The number of amides is 1. The van der Waals surface area contributed by atoms with Crippen LogP contribution >= 0.6 is 0 Å². The molecule has 0 atom stereocenters. The highest BCUT2D eigenvalue weighted by Gasteiger charge is 2.23. The van der Waals surface area contributed by atoms with Crippen LogP contribution in [0, 0.1) is 5.92 Å². The molecular weight excluding hydrogens is 240 g/mol. The molecule has 0 unspecified atom stereocenters. The summed E-state index contributed by atoms with van der Waals surface area (Å²) in [5.74, 6) is 0.441. The second-order valence-corrected chi connectivity index (χ2v) is 5.67. The Morgan fingerprint density at radius 1 is 1.42 bits per heavy atom. The number of carbonyl (C=O) groups excluding carboxylic acids is 1. The number of fused-ring (bicyclic) bond motifs is 1. The van der Waals surface area contributed by atoms with Gasteiger partial charge in [-0.05, 0) is 30.7 Å². The zero-order valence-corrected chi connectivity index (χ0v) is 11.1. The number of hydrogen-bond acceptors (Lipinski definition) is 4. The van der Waals surface area contributed by atoms with Crippen molar-refractivity contribution < 1.29 is 4.79 Å². The molecular formula is C14H20N4O. The lowest BCUT2D eigenvalue weighted by Gasteiger charge is -2.29. The molecule has 2 heterocycles. The fraction of sp³-hybridized carbons (Fsp3) is 0.643. The number of rotatable bonds is 3. The minimum Gasteiger partial charge on any atom is -0.363 e. The van der Waals surface area contributed by atoms with Crippen molar-refractivity contribution in [2.24, 2.45) is 11.7 Å². The van der Waals surface area contributed by atoms with E-state index in [1.807, 2.05) is 0 Å². The Kier molecular flexibility index (Phi) is 3.46. The molecule has 2 N–H and O–H groups in total. The van der Waals surface area contributed by atoms with Crippen molar-refractivity contribution >= 4 is 5.91 Å². The third-order valence-corrected chi connectivity index (χ3v) is 4.24. The molecule has 0 aromatic carbocycles. The van der Waals surface area contributed by atoms with Crippen LogP contribution in [0.1, 0.15) is 47.6 Å². The van der Waals surface area contributed by atoms with E-state index >= 15 is 0 Å². The lowest BCUT2D eigenvalue weighted by atomic mass is 10.0. The van der Waals surface area contributed by atoms with Gasteiger partial charge in [0, 0.05) is 25.8 Å². The summed E-state index contributed by atoms with van der Waals surface area (Å²) in [6.07, 6.45) is 8.21. The van der Waals surface area contributed by atoms with E-state index in [-0.39, 0.29) is 5.82 Å². The highest BCUT2D eigenvalue weighted by molar-refractivity contribution is 5.88. The Morgan fingerprint density at radius 2 is 2.21 bits per heavy atom. The Morgan fingerprint density at radius 3 is 2.95 bits per heavy atom. The van der Waals surface area contributed by atoms with Gasteiger partial charge in [0.1, 0.15) is 0 Å². The average Bonchev–Trinajstić information content (AvgIpc) is 2.90. The van der Waals surface area contributed by atoms with Crippen molar-refractivity contribution in [3.63, 3.8) is 0 Å². The quantitative estimate of drug-likeness (QED) is 0.884. The van der Waals surface area contributed by atoms with Gasteiger partial charge in [-0.3, -0.25) is 9.69 Å². The third-order valence-electron chi connectivity index (χ3n) is 4.24. The number of nitrogens with zero attached hydrogens (tertiary/aromatic N) is 3. The van der Waals surface area contributed by atoms with Gasteiger partial charge in [-0.2, -0.15) is 0 Å². The number of primary amides is 1. The van der Waals surface area contributed by atoms with E-state index in [9.17, 15) is 4.79 Å². The summed E-state index contributed by atoms with van der Waals surface area (Å²) in [6.45, 7) is 3.06. The highest BCUT2D eigenvalue weighted by Crippen LogP contribution is 2.27. The topological polar surface area (TPSA) is 72.1 Å². The van der Waals surface area contributed by atoms with Gasteiger partial charge in [0.2, 0.25) is 5.82 Å². The van der Waals surface area contributed by atoms with Gasteiger partial charge in [0.05, 0.1) is 5.69 Å². The first kappa shape index (κ1) is 12.5. The van der Waals surface area contributed by atoms with Crippen LogP contribution in [0.4, 0.5) is 0 Å². The van der Waals surface area contributed by atoms with Gasteiger partial charge < -0.3 is 5.73 Å². The van der Waals surface area contributed by atoms with Crippen LogP contribution in [-0.2, 0) is 13.0 Å². The zero-order chi connectivity index (χ0) is 13.2. The monoisotopic (exact) mass is 260 g/mol. The van der Waals surface area contributed by atoms with E-state index in [2.05, 4.69) is 14.9 Å². The van der Waals surface area contributed by atoms with Gasteiger partial charge in [0.25, 0.3) is 5.91 Å². The molecule has 1 aliphatic heterocycles. The number of nitrogens with two attached hydrogens (primary N) is 1. The standard InChI is InChI=1S/C14H20N4O/c15-13(19)14-16-7-11-5-6-18(9-12(11)17-14)8-10-3-1-2-4-10/h7,10H,1-6,8-9H2,(H2,15,19). The van der Waals surface area contributed by atoms with Gasteiger partial charge in [-0.25, -0.2) is 9.97 Å². The van der Waals surface area contributed by atoms with Crippen LogP contribution in [0.15, 0.2) is 6.20 Å². The van der Waals surface area contributed by atoms with Crippen LogP contribution in [0.5, 0.6) is 0 Å². The van der Waals surface area contributed by atoms with Gasteiger partial charge in [-0.15, -0.1) is 0 Å². The van der Waals surface area contributed by atoms with Crippen molar-refractivity contribution in [3.8, 4) is 0 Å². The predicted octanol–water partition coefficient (Wildman–Crippen LogP) is 1.12. The fourth-order valence-corrected chi connectivity index (χ4v) is 3.19. The normalized spacial score (nSPS) is 20.4. The predicted molar refractivity (Wildman–Crippen MR) is 71.5 cm³/mol. The van der Waals surface area contributed by atoms with Crippen molar-refractivity contribution in [1.82, 2.24) is 14.9 Å². The third kappa shape index (κ3) is 2.76. The molecule has 2 aliphatic rings. The number of carbonyl (C=O) groups is 1. The Balaban J connectivity index is 1.70. The van der Waals surface area contributed by atoms with Crippen LogP contribution < -0.4 is 5.73 Å². The maximum Gasteiger partial charge on any atom is 0.286 e. The average molecular weight is 260 g/mol. The molecule has 5 nitrogen and oxygen atoms in total. The molecule has 1 fully saturated rings. The lowest BCUT2D eigenvalue weighted by molar-refractivity contribution is 0.0989. The second kappa shape index (κ2) is 5.25. The molecule has 5 heteroatoms. The summed E-state index contributed by atoms with van der Waals surface area (Å²) in [5.41, 5.74) is 7.38. The molecule has 3 rings (SSSR count). The first-order valence-electron chi connectivity index (χ1n) is 7.09. The molecule has 0 spiro atoms. The Labute approximate surface area is 113 Å². The van der Waals surface area contributed by atoms with Gasteiger partial charge >= 0.3 is 0 Å². The number of aromatic nitrogens is 2. The highest BCUT2D eigenvalue weighted by atomic mass is 16.1. The minimum absolute atomic E-state index is 0.140. The first-order chi connectivity index (χ1) is 9.22. The molecule has 1 amide bonds. The van der Waals surface area contributed by atoms with Crippen LogP contribution in [0.25, 0.3) is 0 Å². The second-order valence-electron chi connectivity index (χ2n) is 5.67. The summed E-state index contributed by atoms with van der Waals surface area (Å²) in [5, 5.41) is 0. The van der Waals surface area contributed by atoms with E-state index in [0.717, 1.165) is 43.2 Å². The van der Waals surface area contributed by atoms with Crippen molar-refractivity contribution in [3.05, 3.63) is 23.3 Å². The summed E-state index contributed by atoms with van der Waals surface area (Å²) in [6, 6.07) is 0. The van der Waals surface area contributed by atoms with Gasteiger partial charge in [-0.1, -0.05) is 12.8 Å². The molecule has 102 valence electrons. The smallest absolute Gasteiger partial charge is 0.286 e. The Hall–Kier alpha value is -1.49. The molecule has 0 radical (unpaired) electrons. The van der Waals surface area contributed by atoms with Crippen LogP contribution in [0.2, 0.25) is 0 Å². The van der Waals surface area contributed by atoms with E-state index < -0.39 is 5.91 Å². The van der Waals surface area contributed by atoms with E-state index in [1.165, 1.54) is 25.7 Å². The van der Waals surface area contributed by atoms with Crippen molar-refractivity contribution in [2.45, 2.75) is 38.6 Å². The zero-order valence-electron chi connectivity index (χ0n) is 11.1. The van der Waals surface area contributed by atoms with Gasteiger partial charge in [0.15, 0.2) is 0 Å². The van der Waals surface area contributed by atoms with Crippen LogP contribution in [0.3, 0.4) is 0 Å². The maximum atomic E-state index is 11.1. The lowest BCUT2D eigenvalue weighted by Crippen LogP contribution is -2.35. The van der Waals surface area contributed by atoms with Crippen molar-refractivity contribution in [2.75, 3.05) is 13.1 Å².